The molecule has 0 bridgehead atoms. The van der Waals surface area contributed by atoms with Gasteiger partial charge in [0.1, 0.15) is 0 Å². The molecule has 0 saturated heterocycles. The molecule has 0 aliphatic heterocycles. The van der Waals surface area contributed by atoms with Crippen molar-refractivity contribution in [3.8, 4) is 0 Å². The maximum absolute atomic E-state index is 5.86. The molecule has 1 heteroatoms. The van der Waals surface area contributed by atoms with Gasteiger partial charge in [0, 0.05) is 5.02 Å². The highest BCUT2D eigenvalue weighted by Crippen LogP contribution is 2.16. The van der Waals surface area contributed by atoms with Gasteiger partial charge in [0.25, 0.3) is 0 Å². The maximum atomic E-state index is 5.86. The maximum Gasteiger partial charge on any atom is 0.0414 e. The van der Waals surface area contributed by atoms with Crippen LogP contribution in [0.3, 0.4) is 0 Å². The first-order valence-corrected chi connectivity index (χ1v) is 5.06. The van der Waals surface area contributed by atoms with E-state index < -0.39 is 0 Å². The average molecular weight is 197 g/mol. The summed E-state index contributed by atoms with van der Waals surface area (Å²) in [6.45, 7) is 9.80. The second-order valence-corrected chi connectivity index (χ2v) is 2.89. The third-order valence-corrected chi connectivity index (χ3v) is 1.84. The van der Waals surface area contributed by atoms with E-state index in [-0.39, 0.29) is 0 Å². The van der Waals surface area contributed by atoms with E-state index in [1.54, 1.807) is 0 Å². The third kappa shape index (κ3) is 4.14. The summed E-state index contributed by atoms with van der Waals surface area (Å²) >= 11 is 5.86. The molecule has 1 aromatic rings. The summed E-state index contributed by atoms with van der Waals surface area (Å²) in [5.41, 5.74) is 2.35. The van der Waals surface area contributed by atoms with Crippen LogP contribution in [0.2, 0.25) is 5.02 Å². The normalized spacial score (nSPS) is 8.62. The zero-order valence-corrected chi connectivity index (χ0v) is 9.36. The lowest BCUT2D eigenvalue weighted by Crippen LogP contribution is -1.81. The Labute approximate surface area is 86.2 Å². The van der Waals surface area contributed by atoms with Gasteiger partial charge in [-0.2, -0.15) is 0 Å². The largest absolute Gasteiger partial charge is 0.0985 e. The van der Waals surface area contributed by atoms with Crippen LogP contribution < -0.4 is 0 Å². The van der Waals surface area contributed by atoms with Crippen LogP contribution in [0.25, 0.3) is 6.08 Å². The number of halogens is 1. The lowest BCUT2D eigenvalue weighted by atomic mass is 10.1. The monoisotopic (exact) mass is 196 g/mol. The predicted molar refractivity (Wildman–Crippen MR) is 62.3 cm³/mol. The van der Waals surface area contributed by atoms with Crippen molar-refractivity contribution < 1.29 is 0 Å². The van der Waals surface area contributed by atoms with E-state index in [2.05, 4.69) is 19.6 Å². The van der Waals surface area contributed by atoms with Crippen LogP contribution in [0.5, 0.6) is 0 Å². The molecule has 0 amide bonds. The number of rotatable bonds is 2. The summed E-state index contributed by atoms with van der Waals surface area (Å²) in [5, 5.41) is 0.791. The summed E-state index contributed by atoms with van der Waals surface area (Å²) in [6, 6.07) is 5.99. The number of hydrogen-bond donors (Lipinski definition) is 0. The molecule has 0 spiro atoms. The van der Waals surface area contributed by atoms with Gasteiger partial charge in [-0.3, -0.25) is 0 Å². The molecular formula is C12H17Cl. The fraction of sp³-hybridized carbons (Fsp3) is 0.333. The Morgan fingerprint density at radius 2 is 1.92 bits per heavy atom. The molecule has 0 aliphatic rings. The Balaban J connectivity index is 0.000000671. The highest BCUT2D eigenvalue weighted by Gasteiger charge is 1.94. The Morgan fingerprint density at radius 3 is 2.38 bits per heavy atom. The van der Waals surface area contributed by atoms with E-state index in [1.165, 1.54) is 5.56 Å². The molecule has 0 atom stereocenters. The molecule has 0 N–H and O–H groups in total. The second-order valence-electron chi connectivity index (χ2n) is 2.45. The standard InChI is InChI=1S/C10H11Cl.C2H6/c1-3-8-5-9(4-2)7-10(11)6-8;1-2/h3,5-7H,1,4H2,2H3;1-2H3. The molecule has 0 saturated carbocycles. The number of aryl methyl sites for hydroxylation is 1. The van der Waals surface area contributed by atoms with Crippen molar-refractivity contribution in [1.82, 2.24) is 0 Å². The van der Waals surface area contributed by atoms with Gasteiger partial charge in [-0.1, -0.05) is 51.1 Å². The molecule has 0 fully saturated rings. The summed E-state index contributed by atoms with van der Waals surface area (Å²) in [4.78, 5) is 0. The highest BCUT2D eigenvalue weighted by atomic mass is 35.5. The Morgan fingerprint density at radius 1 is 1.31 bits per heavy atom. The van der Waals surface area contributed by atoms with Crippen molar-refractivity contribution >= 4 is 17.7 Å². The quantitative estimate of drug-likeness (QED) is 0.650. The van der Waals surface area contributed by atoms with Gasteiger partial charge in [-0.05, 0) is 29.7 Å². The molecule has 1 rings (SSSR count). The van der Waals surface area contributed by atoms with Crippen LogP contribution in [0, 0.1) is 0 Å². The van der Waals surface area contributed by atoms with Crippen LogP contribution in [-0.2, 0) is 6.42 Å². The van der Waals surface area contributed by atoms with E-state index in [4.69, 9.17) is 11.6 Å². The minimum absolute atomic E-state index is 0.791. The van der Waals surface area contributed by atoms with E-state index in [1.807, 2.05) is 32.1 Å². The van der Waals surface area contributed by atoms with Crippen molar-refractivity contribution in [2.45, 2.75) is 27.2 Å². The van der Waals surface area contributed by atoms with Crippen molar-refractivity contribution in [2.75, 3.05) is 0 Å². The minimum Gasteiger partial charge on any atom is -0.0985 e. The first-order valence-electron chi connectivity index (χ1n) is 4.68. The fourth-order valence-electron chi connectivity index (χ4n) is 0.997. The predicted octanol–water partition coefficient (Wildman–Crippen LogP) is 4.57. The highest BCUT2D eigenvalue weighted by molar-refractivity contribution is 6.30. The Kier molecular flexibility index (Phi) is 6.34. The van der Waals surface area contributed by atoms with Gasteiger partial charge in [-0.25, -0.2) is 0 Å². The molecule has 0 unspecified atom stereocenters. The molecule has 0 radical (unpaired) electrons. The van der Waals surface area contributed by atoms with E-state index in [0.29, 0.717) is 0 Å². The molecule has 0 nitrogen and oxygen atoms in total. The lowest BCUT2D eigenvalue weighted by molar-refractivity contribution is 1.14. The third-order valence-electron chi connectivity index (χ3n) is 1.62. The smallest absolute Gasteiger partial charge is 0.0414 e. The van der Waals surface area contributed by atoms with Crippen LogP contribution >= 0.6 is 11.6 Å². The SMILES string of the molecule is C=Cc1cc(Cl)cc(CC)c1.CC. The molecule has 72 valence electrons. The number of benzene rings is 1. The Hall–Kier alpha value is -0.750. The van der Waals surface area contributed by atoms with Crippen molar-refractivity contribution in [1.29, 1.82) is 0 Å². The van der Waals surface area contributed by atoms with Gasteiger partial charge < -0.3 is 0 Å². The van der Waals surface area contributed by atoms with Crippen molar-refractivity contribution in [2.24, 2.45) is 0 Å². The fourth-order valence-corrected chi connectivity index (χ4v) is 1.26. The molecule has 0 aromatic heterocycles. The van der Waals surface area contributed by atoms with Crippen molar-refractivity contribution in [3.63, 3.8) is 0 Å². The number of hydrogen-bond acceptors (Lipinski definition) is 0. The molecule has 1 aromatic carbocycles. The van der Waals surface area contributed by atoms with Gasteiger partial charge in [-0.15, -0.1) is 0 Å². The van der Waals surface area contributed by atoms with E-state index in [0.717, 1.165) is 17.0 Å². The summed E-state index contributed by atoms with van der Waals surface area (Å²) in [7, 11) is 0. The molecule has 0 heterocycles. The summed E-state index contributed by atoms with van der Waals surface area (Å²) < 4.78 is 0. The first kappa shape index (κ1) is 12.2. The average Bonchev–Trinajstić information content (AvgIpc) is 2.20. The topological polar surface area (TPSA) is 0 Å². The van der Waals surface area contributed by atoms with Gasteiger partial charge in [0.05, 0.1) is 0 Å². The summed E-state index contributed by atoms with van der Waals surface area (Å²) in [6.07, 6.45) is 2.83. The van der Waals surface area contributed by atoms with Crippen molar-refractivity contribution in [3.05, 3.63) is 40.9 Å². The Bertz CT molecular complexity index is 264. The molecule has 0 aliphatic carbocycles. The van der Waals surface area contributed by atoms with Gasteiger partial charge in [0.15, 0.2) is 0 Å². The van der Waals surface area contributed by atoms with Gasteiger partial charge in [0.2, 0.25) is 0 Å². The first-order chi connectivity index (χ1) is 6.26. The zero-order chi connectivity index (χ0) is 10.3. The lowest BCUT2D eigenvalue weighted by Gasteiger charge is -1.99. The zero-order valence-electron chi connectivity index (χ0n) is 8.60. The molecule has 13 heavy (non-hydrogen) atoms. The van der Waals surface area contributed by atoms with Crippen LogP contribution in [0.1, 0.15) is 31.9 Å². The van der Waals surface area contributed by atoms with E-state index >= 15 is 0 Å². The molecular weight excluding hydrogens is 180 g/mol. The van der Waals surface area contributed by atoms with Crippen LogP contribution in [0.4, 0.5) is 0 Å². The summed E-state index contributed by atoms with van der Waals surface area (Å²) in [5.74, 6) is 0. The second kappa shape index (κ2) is 6.73. The van der Waals surface area contributed by atoms with E-state index in [9.17, 15) is 0 Å². The minimum atomic E-state index is 0.791. The van der Waals surface area contributed by atoms with Crippen LogP contribution in [0.15, 0.2) is 24.8 Å². The van der Waals surface area contributed by atoms with Crippen LogP contribution in [-0.4, -0.2) is 0 Å². The van der Waals surface area contributed by atoms with Gasteiger partial charge >= 0.3 is 0 Å².